The fraction of sp³-hybridized carbons (Fsp3) is 0.500. The Balaban J connectivity index is 2.77. The summed E-state index contributed by atoms with van der Waals surface area (Å²) < 4.78 is 0.477. The summed E-state index contributed by atoms with van der Waals surface area (Å²) in [7, 11) is 0. The minimum atomic E-state index is 0.101. The number of hydrogen-bond donors (Lipinski definition) is 1. The van der Waals surface area contributed by atoms with E-state index in [2.05, 4.69) is 4.98 Å². The first-order valence-corrected chi connectivity index (χ1v) is 4.73. The van der Waals surface area contributed by atoms with Crippen molar-refractivity contribution >= 4 is 34.5 Å². The van der Waals surface area contributed by atoms with Crippen molar-refractivity contribution in [1.82, 2.24) is 4.98 Å². The fourth-order valence-electron chi connectivity index (χ4n) is 0.724. The van der Waals surface area contributed by atoms with Crippen LogP contribution in [-0.2, 0) is 6.42 Å². The van der Waals surface area contributed by atoms with E-state index in [1.807, 2.05) is 6.92 Å². The van der Waals surface area contributed by atoms with Gasteiger partial charge in [-0.1, -0.05) is 23.2 Å². The topological polar surface area (TPSA) is 38.9 Å². The smallest absolute Gasteiger partial charge is 0.185 e. The molecule has 0 amide bonds. The van der Waals surface area contributed by atoms with Crippen molar-refractivity contribution < 1.29 is 0 Å². The lowest BCUT2D eigenvalue weighted by atomic mass is 10.2. The van der Waals surface area contributed by atoms with Gasteiger partial charge in [0.25, 0.3) is 0 Å². The van der Waals surface area contributed by atoms with Gasteiger partial charge in [0.15, 0.2) is 4.47 Å². The molecule has 0 aromatic carbocycles. The number of hydrogen-bond acceptors (Lipinski definition) is 3. The first-order chi connectivity index (χ1) is 5.09. The monoisotopic (exact) mass is 210 g/mol. The SMILES string of the molecule is CC(N)Cc1sc(Cl)nc1Cl. The van der Waals surface area contributed by atoms with E-state index in [4.69, 9.17) is 28.9 Å². The van der Waals surface area contributed by atoms with Crippen molar-refractivity contribution in [2.75, 3.05) is 0 Å². The Morgan fingerprint density at radius 2 is 2.27 bits per heavy atom. The van der Waals surface area contributed by atoms with Crippen LogP contribution in [0.25, 0.3) is 0 Å². The quantitative estimate of drug-likeness (QED) is 0.815. The Hall–Kier alpha value is 0.170. The third-order valence-electron chi connectivity index (χ3n) is 1.13. The average molecular weight is 211 g/mol. The fourth-order valence-corrected chi connectivity index (χ4v) is 2.28. The molecule has 0 radical (unpaired) electrons. The van der Waals surface area contributed by atoms with Crippen LogP contribution < -0.4 is 5.73 Å². The van der Waals surface area contributed by atoms with Crippen LogP contribution >= 0.6 is 34.5 Å². The first kappa shape index (κ1) is 9.26. The summed E-state index contributed by atoms with van der Waals surface area (Å²) >= 11 is 12.8. The number of halogens is 2. The molecule has 1 rings (SSSR count). The van der Waals surface area contributed by atoms with Gasteiger partial charge in [0.1, 0.15) is 5.15 Å². The second-order valence-corrected chi connectivity index (χ2v) is 4.39. The zero-order chi connectivity index (χ0) is 8.43. The molecule has 0 bridgehead atoms. The molecule has 1 heterocycles. The zero-order valence-corrected chi connectivity index (χ0v) is 8.30. The highest BCUT2D eigenvalue weighted by Crippen LogP contribution is 2.27. The first-order valence-electron chi connectivity index (χ1n) is 3.16. The molecular formula is C6H8Cl2N2S. The highest BCUT2D eigenvalue weighted by molar-refractivity contribution is 7.16. The lowest BCUT2D eigenvalue weighted by molar-refractivity contribution is 0.745. The summed E-state index contributed by atoms with van der Waals surface area (Å²) in [5.74, 6) is 0. The summed E-state index contributed by atoms with van der Waals surface area (Å²) in [5.41, 5.74) is 5.58. The molecule has 1 aromatic heterocycles. The van der Waals surface area contributed by atoms with E-state index in [1.54, 1.807) is 0 Å². The van der Waals surface area contributed by atoms with E-state index < -0.39 is 0 Å². The van der Waals surface area contributed by atoms with Gasteiger partial charge in [0.05, 0.1) is 0 Å². The van der Waals surface area contributed by atoms with Gasteiger partial charge in [0, 0.05) is 10.9 Å². The van der Waals surface area contributed by atoms with Crippen molar-refractivity contribution in [3.05, 3.63) is 14.5 Å². The Labute approximate surface area is 79.3 Å². The maximum absolute atomic E-state index is 5.75. The molecule has 11 heavy (non-hydrogen) atoms. The van der Waals surface area contributed by atoms with Crippen molar-refractivity contribution in [1.29, 1.82) is 0 Å². The second kappa shape index (κ2) is 3.72. The zero-order valence-electron chi connectivity index (χ0n) is 5.97. The number of aromatic nitrogens is 1. The maximum atomic E-state index is 5.75. The van der Waals surface area contributed by atoms with Crippen LogP contribution in [0.5, 0.6) is 0 Å². The molecule has 0 saturated carbocycles. The van der Waals surface area contributed by atoms with Crippen LogP contribution in [0.2, 0.25) is 9.62 Å². The minimum Gasteiger partial charge on any atom is -0.328 e. The van der Waals surface area contributed by atoms with Gasteiger partial charge in [-0.25, -0.2) is 4.98 Å². The predicted molar refractivity (Wildman–Crippen MR) is 49.5 cm³/mol. The lowest BCUT2D eigenvalue weighted by Gasteiger charge is -2.00. The number of nitrogens with two attached hydrogens (primary N) is 1. The van der Waals surface area contributed by atoms with Gasteiger partial charge in [-0.15, -0.1) is 11.3 Å². The molecule has 2 nitrogen and oxygen atoms in total. The van der Waals surface area contributed by atoms with E-state index in [1.165, 1.54) is 11.3 Å². The molecule has 1 aromatic rings. The lowest BCUT2D eigenvalue weighted by Crippen LogP contribution is -2.17. The number of rotatable bonds is 2. The summed E-state index contributed by atoms with van der Waals surface area (Å²) in [6.45, 7) is 1.92. The van der Waals surface area contributed by atoms with Gasteiger partial charge in [-0.05, 0) is 13.3 Å². The standard InChI is InChI=1S/C6H8Cl2N2S/c1-3(9)2-4-5(7)10-6(8)11-4/h3H,2,9H2,1H3. The van der Waals surface area contributed by atoms with Crippen molar-refractivity contribution in [2.24, 2.45) is 5.73 Å². The van der Waals surface area contributed by atoms with Crippen LogP contribution in [0.15, 0.2) is 0 Å². The summed E-state index contributed by atoms with van der Waals surface area (Å²) in [6, 6.07) is 0.101. The molecule has 0 aliphatic heterocycles. The van der Waals surface area contributed by atoms with Gasteiger partial charge < -0.3 is 5.73 Å². The third-order valence-corrected chi connectivity index (χ3v) is 2.74. The van der Waals surface area contributed by atoms with Gasteiger partial charge in [-0.2, -0.15) is 0 Å². The van der Waals surface area contributed by atoms with E-state index in [-0.39, 0.29) is 6.04 Å². The van der Waals surface area contributed by atoms with Crippen LogP contribution in [0.1, 0.15) is 11.8 Å². The van der Waals surface area contributed by atoms with Crippen molar-refractivity contribution in [3.63, 3.8) is 0 Å². The van der Waals surface area contributed by atoms with Gasteiger partial charge >= 0.3 is 0 Å². The van der Waals surface area contributed by atoms with Crippen LogP contribution in [0.4, 0.5) is 0 Å². The van der Waals surface area contributed by atoms with Crippen LogP contribution in [-0.4, -0.2) is 11.0 Å². The normalized spacial score (nSPS) is 13.5. The molecule has 1 unspecified atom stereocenters. The Kier molecular flexibility index (Phi) is 3.13. The van der Waals surface area contributed by atoms with Gasteiger partial charge in [-0.3, -0.25) is 0 Å². The molecular weight excluding hydrogens is 203 g/mol. The van der Waals surface area contributed by atoms with E-state index >= 15 is 0 Å². The summed E-state index contributed by atoms with van der Waals surface area (Å²) in [5, 5.41) is 0.484. The number of nitrogens with zero attached hydrogens (tertiary/aromatic N) is 1. The molecule has 0 fully saturated rings. The molecule has 1 atom stereocenters. The van der Waals surface area contributed by atoms with Crippen LogP contribution in [0, 0.1) is 0 Å². The molecule has 0 spiro atoms. The van der Waals surface area contributed by atoms with Crippen molar-refractivity contribution in [2.45, 2.75) is 19.4 Å². The number of thiazole rings is 1. The minimum absolute atomic E-state index is 0.101. The average Bonchev–Trinajstić information content (AvgIpc) is 2.09. The molecule has 0 saturated heterocycles. The second-order valence-electron chi connectivity index (χ2n) is 2.36. The molecule has 0 aliphatic rings. The predicted octanol–water partition coefficient (Wildman–Crippen LogP) is 2.34. The molecule has 0 aliphatic carbocycles. The maximum Gasteiger partial charge on any atom is 0.185 e. The Bertz CT molecular complexity index is 247. The van der Waals surface area contributed by atoms with Gasteiger partial charge in [0.2, 0.25) is 0 Å². The molecule has 5 heteroatoms. The summed E-state index contributed by atoms with van der Waals surface area (Å²) in [6.07, 6.45) is 0.739. The van der Waals surface area contributed by atoms with Crippen molar-refractivity contribution in [3.8, 4) is 0 Å². The highest BCUT2D eigenvalue weighted by Gasteiger charge is 2.08. The molecule has 2 N–H and O–H groups in total. The Morgan fingerprint density at radius 1 is 1.64 bits per heavy atom. The largest absolute Gasteiger partial charge is 0.328 e. The van der Waals surface area contributed by atoms with E-state index in [9.17, 15) is 0 Å². The Morgan fingerprint density at radius 3 is 2.64 bits per heavy atom. The molecule has 62 valence electrons. The van der Waals surface area contributed by atoms with Crippen LogP contribution in [0.3, 0.4) is 0 Å². The van der Waals surface area contributed by atoms with E-state index in [0.29, 0.717) is 9.62 Å². The third kappa shape index (κ3) is 2.60. The highest BCUT2D eigenvalue weighted by atomic mass is 35.5. The summed E-state index contributed by atoms with van der Waals surface area (Å²) in [4.78, 5) is 4.82. The van der Waals surface area contributed by atoms with E-state index in [0.717, 1.165) is 11.3 Å².